The zero-order valence-corrected chi connectivity index (χ0v) is 18.5. The average Bonchev–Trinajstić information content (AvgIpc) is 3.12. The van der Waals surface area contributed by atoms with Gasteiger partial charge in [-0.2, -0.15) is 5.10 Å². The maximum atomic E-state index is 12.3. The van der Waals surface area contributed by atoms with Crippen LogP contribution in [0, 0.1) is 5.92 Å². The molecule has 0 aromatic carbocycles. The van der Waals surface area contributed by atoms with Crippen LogP contribution in [0.2, 0.25) is 0 Å². The van der Waals surface area contributed by atoms with E-state index in [1.807, 2.05) is 20.8 Å². The van der Waals surface area contributed by atoms with Gasteiger partial charge in [0.15, 0.2) is 11.6 Å². The minimum Gasteiger partial charge on any atom is -0.487 e. The molecule has 10 heteroatoms. The maximum Gasteiger partial charge on any atom is 0.309 e. The molecule has 0 bridgehead atoms. The van der Waals surface area contributed by atoms with E-state index in [2.05, 4.69) is 25.1 Å². The second kappa shape index (κ2) is 10.3. The Bertz CT molecular complexity index is 966. The Labute approximate surface area is 181 Å². The molecular weight excluding hydrogens is 398 g/mol. The highest BCUT2D eigenvalue weighted by atomic mass is 16.5. The third-order valence-corrected chi connectivity index (χ3v) is 5.36. The third kappa shape index (κ3) is 5.52. The fourth-order valence-electron chi connectivity index (χ4n) is 3.80. The van der Waals surface area contributed by atoms with Crippen LogP contribution in [-0.4, -0.2) is 37.9 Å². The van der Waals surface area contributed by atoms with E-state index in [9.17, 15) is 4.79 Å². The summed E-state index contributed by atoms with van der Waals surface area (Å²) >= 11 is 0. The van der Waals surface area contributed by atoms with E-state index < -0.39 is 0 Å². The van der Waals surface area contributed by atoms with Gasteiger partial charge in [0.2, 0.25) is 0 Å². The molecule has 0 unspecified atom stereocenters. The molecule has 0 amide bonds. The van der Waals surface area contributed by atoms with E-state index in [0.717, 1.165) is 36.2 Å². The van der Waals surface area contributed by atoms with Crippen LogP contribution >= 0.6 is 0 Å². The average molecular weight is 428 g/mol. The van der Waals surface area contributed by atoms with Gasteiger partial charge in [0.05, 0.1) is 54.0 Å². The first-order chi connectivity index (χ1) is 14.9. The second-order valence-electron chi connectivity index (χ2n) is 7.96. The van der Waals surface area contributed by atoms with E-state index in [1.54, 1.807) is 24.1 Å². The molecule has 2 aromatic rings. The first-order valence-electron chi connectivity index (χ1n) is 10.7. The monoisotopic (exact) mass is 427 g/mol. The molecule has 0 radical (unpaired) electrons. The van der Waals surface area contributed by atoms with E-state index in [4.69, 9.17) is 15.0 Å². The number of nitrogens with zero attached hydrogens (tertiary/aromatic N) is 7. The molecule has 1 aliphatic carbocycles. The molecule has 2 heterocycles. The molecule has 166 valence electrons. The van der Waals surface area contributed by atoms with Gasteiger partial charge in [-0.05, 0) is 51.5 Å². The number of aromatic nitrogens is 4. The molecule has 0 aliphatic heterocycles. The van der Waals surface area contributed by atoms with Crippen molar-refractivity contribution >= 4 is 5.97 Å². The van der Waals surface area contributed by atoms with Crippen molar-refractivity contribution in [3.63, 3.8) is 0 Å². The molecule has 1 saturated carbocycles. The van der Waals surface area contributed by atoms with Gasteiger partial charge < -0.3 is 9.47 Å². The largest absolute Gasteiger partial charge is 0.487 e. The number of carbonyl (C=O) groups is 1. The summed E-state index contributed by atoms with van der Waals surface area (Å²) in [5.41, 5.74) is 10.9. The normalized spacial score (nSPS) is 18.5. The predicted molar refractivity (Wildman–Crippen MR) is 114 cm³/mol. The molecule has 0 saturated heterocycles. The highest BCUT2D eigenvalue weighted by Crippen LogP contribution is 2.31. The van der Waals surface area contributed by atoms with Crippen LogP contribution in [0.5, 0.6) is 5.75 Å². The summed E-state index contributed by atoms with van der Waals surface area (Å²) in [7, 11) is 1.79. The lowest BCUT2D eigenvalue weighted by Crippen LogP contribution is -2.32. The van der Waals surface area contributed by atoms with Crippen molar-refractivity contribution < 1.29 is 14.3 Å². The van der Waals surface area contributed by atoms with Crippen molar-refractivity contribution in [2.45, 2.75) is 71.6 Å². The lowest BCUT2D eigenvalue weighted by molar-refractivity contribution is -0.154. The van der Waals surface area contributed by atoms with Gasteiger partial charge in [-0.25, -0.2) is 9.97 Å². The van der Waals surface area contributed by atoms with Crippen LogP contribution < -0.4 is 4.74 Å². The number of carbonyl (C=O) groups excluding carboxylic acids is 1. The predicted octanol–water partition coefficient (Wildman–Crippen LogP) is 4.14. The first-order valence-corrected chi connectivity index (χ1v) is 10.7. The van der Waals surface area contributed by atoms with Crippen LogP contribution in [0.4, 0.5) is 0 Å². The highest BCUT2D eigenvalue weighted by molar-refractivity contribution is 5.72. The number of ether oxygens (including phenoxy) is 2. The summed E-state index contributed by atoms with van der Waals surface area (Å²) in [6.45, 7) is 5.90. The Balaban J connectivity index is 1.77. The third-order valence-electron chi connectivity index (χ3n) is 5.36. The van der Waals surface area contributed by atoms with Crippen molar-refractivity contribution in [3.8, 4) is 17.1 Å². The molecule has 31 heavy (non-hydrogen) atoms. The fraction of sp³-hybridized carbons (Fsp3) is 0.619. The van der Waals surface area contributed by atoms with E-state index >= 15 is 0 Å². The minimum absolute atomic E-state index is 0.0721. The fourth-order valence-corrected chi connectivity index (χ4v) is 3.80. The molecule has 1 aliphatic rings. The van der Waals surface area contributed by atoms with Gasteiger partial charge in [-0.1, -0.05) is 12.0 Å². The number of esters is 1. The van der Waals surface area contributed by atoms with Gasteiger partial charge in [0, 0.05) is 12.0 Å². The highest BCUT2D eigenvalue weighted by Gasteiger charge is 2.30. The van der Waals surface area contributed by atoms with Crippen molar-refractivity contribution in [1.82, 2.24) is 19.7 Å². The van der Waals surface area contributed by atoms with Crippen molar-refractivity contribution in [1.29, 1.82) is 0 Å². The summed E-state index contributed by atoms with van der Waals surface area (Å²) in [5, 5.41) is 7.88. The molecule has 2 aromatic heterocycles. The number of hydrogen-bond acceptors (Lipinski definition) is 7. The topological polar surface area (TPSA) is 128 Å². The van der Waals surface area contributed by atoms with Crippen LogP contribution in [0.3, 0.4) is 0 Å². The van der Waals surface area contributed by atoms with Crippen LogP contribution in [-0.2, 0) is 29.5 Å². The smallest absolute Gasteiger partial charge is 0.309 e. The lowest BCUT2D eigenvalue weighted by Gasteiger charge is -2.29. The lowest BCUT2D eigenvalue weighted by atomic mass is 9.87. The Morgan fingerprint density at radius 2 is 2.19 bits per heavy atom. The number of hydrogen-bond donors (Lipinski definition) is 0. The summed E-state index contributed by atoms with van der Waals surface area (Å²) < 4.78 is 13.3. The molecule has 0 spiro atoms. The van der Waals surface area contributed by atoms with Gasteiger partial charge in [-0.3, -0.25) is 9.48 Å². The minimum atomic E-state index is -0.144. The van der Waals surface area contributed by atoms with Gasteiger partial charge >= 0.3 is 5.97 Å². The van der Waals surface area contributed by atoms with Crippen LogP contribution in [0.15, 0.2) is 17.5 Å². The summed E-state index contributed by atoms with van der Waals surface area (Å²) in [6.07, 6.45) is 7.10. The zero-order valence-electron chi connectivity index (χ0n) is 18.5. The summed E-state index contributed by atoms with van der Waals surface area (Å²) in [4.78, 5) is 24.3. The Morgan fingerprint density at radius 3 is 2.90 bits per heavy atom. The summed E-state index contributed by atoms with van der Waals surface area (Å²) in [5.74, 6) is 0.872. The zero-order chi connectivity index (χ0) is 22.4. The summed E-state index contributed by atoms with van der Waals surface area (Å²) in [6, 6.07) is 0. The molecule has 0 N–H and O–H groups in total. The molecular formula is C21H29N7O3. The van der Waals surface area contributed by atoms with Gasteiger partial charge in [-0.15, -0.1) is 0 Å². The van der Waals surface area contributed by atoms with Crippen molar-refractivity contribution in [3.05, 3.63) is 34.2 Å². The Hall–Kier alpha value is -3.13. The molecule has 2 atom stereocenters. The second-order valence-corrected chi connectivity index (χ2v) is 7.96. The maximum absolute atomic E-state index is 12.3. The molecule has 1 fully saturated rings. The SMILES string of the molecule is CCc1nc(-c2cnn(C)c2CN=[N+]=[N-])ncc1O[C@H]1CCC[C@H](C(=O)OC(C)C)C1. The quantitative estimate of drug-likeness (QED) is 0.269. The van der Waals surface area contributed by atoms with Crippen molar-refractivity contribution in [2.24, 2.45) is 18.1 Å². The van der Waals surface area contributed by atoms with Crippen LogP contribution in [0.25, 0.3) is 21.8 Å². The van der Waals surface area contributed by atoms with Gasteiger partial charge in [0.1, 0.15) is 0 Å². The molecule has 10 nitrogen and oxygen atoms in total. The first kappa shape index (κ1) is 22.6. The van der Waals surface area contributed by atoms with Gasteiger partial charge in [0.25, 0.3) is 0 Å². The number of azide groups is 1. The molecule has 3 rings (SSSR count). The Morgan fingerprint density at radius 1 is 1.39 bits per heavy atom. The number of rotatable bonds is 8. The van der Waals surface area contributed by atoms with Crippen molar-refractivity contribution in [2.75, 3.05) is 0 Å². The Kier molecular flexibility index (Phi) is 7.46. The van der Waals surface area contributed by atoms with E-state index in [0.29, 0.717) is 24.4 Å². The number of aryl methyl sites for hydroxylation is 2. The van der Waals surface area contributed by atoms with E-state index in [1.165, 1.54) is 0 Å². The standard InChI is InChI=1S/C21H29N7O3/c1-5-17-19(31-15-8-6-7-14(9-15)21(29)30-13(2)3)12-23-20(26-17)16-10-25-28(4)18(16)11-24-27-22/h10,12-15H,5-9,11H2,1-4H3/t14-,15-/m0/s1. The van der Waals surface area contributed by atoms with Crippen LogP contribution in [0.1, 0.15) is 57.8 Å². The van der Waals surface area contributed by atoms with E-state index in [-0.39, 0.29) is 30.6 Å².